The van der Waals surface area contributed by atoms with Gasteiger partial charge in [-0.25, -0.2) is 0 Å². The number of carbonyl (C=O) groups excluding carboxylic acids is 2. The van der Waals surface area contributed by atoms with Crippen LogP contribution in [0.25, 0.3) is 0 Å². The van der Waals surface area contributed by atoms with E-state index < -0.39 is 0 Å². The fourth-order valence-corrected chi connectivity index (χ4v) is 3.72. The molecular weight excluding hydrogens is 508 g/mol. The summed E-state index contributed by atoms with van der Waals surface area (Å²) >= 11 is 0. The number of hydrogen-bond acceptors (Lipinski definition) is 6. The molecule has 0 spiro atoms. The lowest BCUT2D eigenvalue weighted by Gasteiger charge is -2.12. The first-order chi connectivity index (χ1) is 19.3. The zero-order valence-corrected chi connectivity index (χ0v) is 22.8. The molecule has 0 aliphatic rings. The molecule has 0 unspecified atom stereocenters. The van der Waals surface area contributed by atoms with E-state index in [1.165, 1.54) is 14.2 Å². The highest BCUT2D eigenvalue weighted by molar-refractivity contribution is 6.05. The van der Waals surface area contributed by atoms with Crippen LogP contribution in [-0.2, 0) is 0 Å². The van der Waals surface area contributed by atoms with E-state index in [0.29, 0.717) is 34.0 Å². The van der Waals surface area contributed by atoms with Gasteiger partial charge in [0.05, 0.1) is 19.9 Å². The second-order valence-corrected chi connectivity index (χ2v) is 8.58. The Morgan fingerprint density at radius 3 is 1.60 bits per heavy atom. The van der Waals surface area contributed by atoms with Crippen molar-refractivity contribution in [1.82, 2.24) is 0 Å². The molecule has 0 aliphatic heterocycles. The van der Waals surface area contributed by atoms with E-state index in [2.05, 4.69) is 20.9 Å². The van der Waals surface area contributed by atoms with Gasteiger partial charge in [-0.15, -0.1) is 0 Å². The summed E-state index contributed by atoms with van der Waals surface area (Å²) in [6.07, 6.45) is 0. The molecular formula is C30H32N6O4+2. The predicted molar refractivity (Wildman–Crippen MR) is 152 cm³/mol. The van der Waals surface area contributed by atoms with Crippen molar-refractivity contribution in [2.24, 2.45) is 10.2 Å². The Morgan fingerprint density at radius 2 is 1.12 bits per heavy atom. The van der Waals surface area contributed by atoms with E-state index in [1.54, 1.807) is 48.5 Å². The van der Waals surface area contributed by atoms with Crippen LogP contribution in [0.4, 0.5) is 22.7 Å². The number of carbonyl (C=O) groups is 2. The molecule has 0 fully saturated rings. The standard InChI is InChI=1S/C15H15N3O3.C15H15N3O/c1-20-13-9-12(18-16)14(21-2)8-11(13)17-15(19)10-6-4-3-5-7-10;1-10-9-14(18-16)11(2)8-13(10)17-15(19)12-6-4-3-5-7-12/h3-9,16H,1-2H3,(H,17,19);3-9,16H,1-2H3,(H,17,19)/p+2. The third-order valence-corrected chi connectivity index (χ3v) is 5.89. The minimum absolute atomic E-state index is 0.125. The van der Waals surface area contributed by atoms with Crippen molar-refractivity contribution in [2.75, 3.05) is 24.9 Å². The Kier molecular flexibility index (Phi) is 10.2. The van der Waals surface area contributed by atoms with Crippen molar-refractivity contribution in [1.29, 1.82) is 0 Å². The first-order valence-electron chi connectivity index (χ1n) is 12.2. The lowest BCUT2D eigenvalue weighted by Crippen LogP contribution is -2.22. The van der Waals surface area contributed by atoms with Gasteiger partial charge >= 0.3 is 0 Å². The quantitative estimate of drug-likeness (QED) is 0.248. The maximum Gasteiger partial charge on any atom is 0.255 e. The Morgan fingerprint density at radius 1 is 0.625 bits per heavy atom. The Labute approximate surface area is 232 Å². The number of benzene rings is 4. The third kappa shape index (κ3) is 7.35. The molecule has 204 valence electrons. The van der Waals surface area contributed by atoms with Crippen molar-refractivity contribution in [3.63, 3.8) is 0 Å². The van der Waals surface area contributed by atoms with E-state index >= 15 is 0 Å². The van der Waals surface area contributed by atoms with Crippen LogP contribution in [0.5, 0.6) is 11.5 Å². The highest BCUT2D eigenvalue weighted by Gasteiger charge is 2.15. The fourth-order valence-electron chi connectivity index (χ4n) is 3.72. The van der Waals surface area contributed by atoms with Gasteiger partial charge in [-0.05, 0) is 71.6 Å². The smallest absolute Gasteiger partial charge is 0.255 e. The SMILES string of the molecule is COc1cc(NC(=O)c2ccccc2)c(OC)cc1N=[NH2+].Cc1cc(NC(=O)c2ccccc2)c(C)cc1N=[NH2+]. The van der Waals surface area contributed by atoms with Gasteiger partial charge in [0.2, 0.25) is 0 Å². The summed E-state index contributed by atoms with van der Waals surface area (Å²) in [5.74, 6) is 0.528. The van der Waals surface area contributed by atoms with Crippen LogP contribution < -0.4 is 31.2 Å². The number of methoxy groups -OCH3 is 2. The largest absolute Gasteiger partial charge is 0.494 e. The van der Waals surface area contributed by atoms with Gasteiger partial charge in [-0.3, -0.25) is 9.59 Å². The van der Waals surface area contributed by atoms with Crippen molar-refractivity contribution in [2.45, 2.75) is 13.8 Å². The van der Waals surface area contributed by atoms with Crippen LogP contribution in [0.1, 0.15) is 31.8 Å². The zero-order valence-electron chi connectivity index (χ0n) is 22.8. The summed E-state index contributed by atoms with van der Waals surface area (Å²) in [4.78, 5) is 24.3. The highest BCUT2D eigenvalue weighted by atomic mass is 16.5. The van der Waals surface area contributed by atoms with E-state index in [0.717, 1.165) is 22.5 Å². The Bertz CT molecular complexity index is 1510. The van der Waals surface area contributed by atoms with E-state index in [-0.39, 0.29) is 11.8 Å². The van der Waals surface area contributed by atoms with Crippen molar-refractivity contribution >= 4 is 34.6 Å². The van der Waals surface area contributed by atoms with Gasteiger partial charge in [-0.2, -0.15) is 11.1 Å². The van der Waals surface area contributed by atoms with E-state index in [4.69, 9.17) is 20.5 Å². The highest BCUT2D eigenvalue weighted by Crippen LogP contribution is 2.37. The first kappa shape index (κ1) is 29.2. The van der Waals surface area contributed by atoms with Crippen molar-refractivity contribution < 1.29 is 30.1 Å². The molecule has 0 heterocycles. The van der Waals surface area contributed by atoms with Crippen LogP contribution in [0, 0.1) is 13.8 Å². The average Bonchev–Trinajstić information content (AvgIpc) is 2.99. The summed E-state index contributed by atoms with van der Waals surface area (Å²) in [5.41, 5.74) is 16.1. The molecule has 0 aromatic heterocycles. The lowest BCUT2D eigenvalue weighted by molar-refractivity contribution is -0.211. The summed E-state index contributed by atoms with van der Waals surface area (Å²) in [7, 11) is 3.00. The van der Waals surface area contributed by atoms with Gasteiger partial charge in [-0.1, -0.05) is 36.4 Å². The van der Waals surface area contributed by atoms with Gasteiger partial charge < -0.3 is 20.1 Å². The van der Waals surface area contributed by atoms with Gasteiger partial charge in [0.25, 0.3) is 11.8 Å². The number of nitrogens with two attached hydrogens (primary N) is 2. The third-order valence-electron chi connectivity index (χ3n) is 5.89. The Balaban J connectivity index is 0.000000222. The van der Waals surface area contributed by atoms with Crippen LogP contribution in [0.2, 0.25) is 0 Å². The minimum Gasteiger partial charge on any atom is -0.494 e. The average molecular weight is 541 g/mol. The summed E-state index contributed by atoms with van der Waals surface area (Å²) < 4.78 is 10.4. The number of anilines is 2. The number of ether oxygens (including phenoxy) is 2. The first-order valence-corrected chi connectivity index (χ1v) is 12.2. The van der Waals surface area contributed by atoms with Crippen LogP contribution in [0.15, 0.2) is 95.2 Å². The summed E-state index contributed by atoms with van der Waals surface area (Å²) in [6.45, 7) is 3.82. The maximum atomic E-state index is 12.2. The molecule has 10 nitrogen and oxygen atoms in total. The zero-order chi connectivity index (χ0) is 29.1. The molecule has 0 aliphatic carbocycles. The topological polar surface area (TPSA) is 153 Å². The summed E-state index contributed by atoms with van der Waals surface area (Å²) in [5, 5.41) is 13.0. The van der Waals surface area contributed by atoms with Crippen molar-refractivity contribution in [3.05, 3.63) is 107 Å². The molecule has 0 atom stereocenters. The van der Waals surface area contributed by atoms with E-state index in [9.17, 15) is 9.59 Å². The van der Waals surface area contributed by atoms with Gasteiger partial charge in [0, 0.05) is 28.9 Å². The summed E-state index contributed by atoms with van der Waals surface area (Å²) in [6, 6.07) is 24.9. The number of nitrogens with zero attached hydrogens (tertiary/aromatic N) is 2. The molecule has 4 aromatic carbocycles. The fraction of sp³-hybridized carbons (Fsp3) is 0.133. The van der Waals surface area contributed by atoms with Crippen LogP contribution >= 0.6 is 0 Å². The molecule has 0 bridgehead atoms. The van der Waals surface area contributed by atoms with Crippen LogP contribution in [-0.4, -0.2) is 26.0 Å². The van der Waals surface area contributed by atoms with E-state index in [1.807, 2.05) is 50.2 Å². The molecule has 2 amide bonds. The minimum atomic E-state index is -0.242. The second-order valence-electron chi connectivity index (χ2n) is 8.58. The Hall–Kier alpha value is -5.38. The number of hydrogen-bond donors (Lipinski definition) is 4. The lowest BCUT2D eigenvalue weighted by atomic mass is 10.1. The monoisotopic (exact) mass is 540 g/mol. The number of rotatable bonds is 8. The number of nitrogens with one attached hydrogen (secondary N) is 2. The molecule has 4 rings (SSSR count). The maximum absolute atomic E-state index is 12.2. The molecule has 4 aromatic rings. The van der Waals surface area contributed by atoms with Crippen LogP contribution in [0.3, 0.4) is 0 Å². The van der Waals surface area contributed by atoms with Gasteiger partial charge in [0.15, 0.2) is 11.4 Å². The normalized spacial score (nSPS) is 9.90. The predicted octanol–water partition coefficient (Wildman–Crippen LogP) is 4.20. The number of amides is 2. The molecule has 6 N–H and O–H groups in total. The molecule has 0 saturated heterocycles. The second kappa shape index (κ2) is 14.0. The molecule has 40 heavy (non-hydrogen) atoms. The molecule has 10 heteroatoms. The van der Waals surface area contributed by atoms with Crippen molar-refractivity contribution in [3.8, 4) is 11.5 Å². The molecule has 0 radical (unpaired) electrons. The number of aryl methyl sites for hydroxylation is 2. The molecule has 0 saturated carbocycles. The van der Waals surface area contributed by atoms with Gasteiger partial charge in [0.1, 0.15) is 11.4 Å².